The number of hydrogen-bond acceptors (Lipinski definition) is 3. The Balaban J connectivity index is 0.00000288. The minimum Gasteiger partial charge on any atom is -0.350 e. The van der Waals surface area contributed by atoms with E-state index in [2.05, 4.69) is 48.7 Å². The second-order valence-electron chi connectivity index (χ2n) is 5.47. The molecule has 1 atom stereocenters. The molecule has 1 amide bonds. The summed E-state index contributed by atoms with van der Waals surface area (Å²) in [5, 5.41) is 6.23. The monoisotopic (exact) mass is 364 g/mol. The van der Waals surface area contributed by atoms with Crippen molar-refractivity contribution < 1.29 is 4.79 Å². The molecule has 0 fully saturated rings. The Bertz CT molecular complexity index is 605. The summed E-state index contributed by atoms with van der Waals surface area (Å²) in [5.41, 5.74) is 2.01. The number of carbonyl (C=O) groups is 1. The minimum atomic E-state index is -0.0191. The summed E-state index contributed by atoms with van der Waals surface area (Å²) in [5.74, 6) is 0.918. The predicted octanol–water partition coefficient (Wildman–Crippen LogP) is 4.13. The van der Waals surface area contributed by atoms with E-state index in [9.17, 15) is 4.79 Å². The van der Waals surface area contributed by atoms with E-state index in [0.29, 0.717) is 12.1 Å². The molecule has 0 aliphatic rings. The molecule has 0 saturated heterocycles. The highest BCUT2D eigenvalue weighted by atomic mass is 35.5. The fraction of sp³-hybridized carbons (Fsp3) is 0.316. The fourth-order valence-corrected chi connectivity index (χ4v) is 3.07. The molecule has 0 aliphatic carbocycles. The predicted molar refractivity (Wildman–Crippen MR) is 105 cm³/mol. The van der Waals surface area contributed by atoms with Crippen molar-refractivity contribution >= 4 is 30.1 Å². The largest absolute Gasteiger partial charge is 0.350 e. The van der Waals surface area contributed by atoms with Crippen LogP contribution in [0.2, 0.25) is 0 Å². The van der Waals surface area contributed by atoms with Crippen LogP contribution < -0.4 is 10.6 Å². The van der Waals surface area contributed by atoms with Gasteiger partial charge in [0.05, 0.1) is 0 Å². The third-order valence-electron chi connectivity index (χ3n) is 3.49. The lowest BCUT2D eigenvalue weighted by Crippen LogP contribution is -2.38. The standard InChI is InChI=1S/C19H24N2OS.ClH/c1-3-20-15(2)13-21-19(22)17-9-11-18(12-10-17)23-14-16-7-5-4-6-8-16;/h4-12,15,20H,3,13-14H2,1-2H3,(H,21,22);1H/t15-;/m1./s1. The van der Waals surface area contributed by atoms with Gasteiger partial charge in [-0.05, 0) is 43.3 Å². The molecule has 130 valence electrons. The normalized spacial score (nSPS) is 11.4. The molecule has 0 aliphatic heterocycles. The fourth-order valence-electron chi connectivity index (χ4n) is 2.21. The maximum absolute atomic E-state index is 12.1. The Morgan fingerprint density at radius 3 is 2.38 bits per heavy atom. The Morgan fingerprint density at radius 2 is 1.75 bits per heavy atom. The molecule has 0 spiro atoms. The molecule has 2 N–H and O–H groups in total. The number of likely N-dealkylation sites (N-methyl/N-ethyl adjacent to an activating group) is 1. The maximum atomic E-state index is 12.1. The molecule has 0 radical (unpaired) electrons. The third-order valence-corrected chi connectivity index (χ3v) is 4.57. The van der Waals surface area contributed by atoms with Crippen LogP contribution in [0.4, 0.5) is 0 Å². The number of halogens is 1. The highest BCUT2D eigenvalue weighted by molar-refractivity contribution is 7.98. The van der Waals surface area contributed by atoms with Gasteiger partial charge >= 0.3 is 0 Å². The van der Waals surface area contributed by atoms with Crippen LogP contribution in [0.25, 0.3) is 0 Å². The average molecular weight is 365 g/mol. The average Bonchev–Trinajstić information content (AvgIpc) is 2.59. The molecule has 5 heteroatoms. The molecule has 2 rings (SSSR count). The van der Waals surface area contributed by atoms with E-state index in [-0.39, 0.29) is 24.4 Å². The number of amides is 1. The van der Waals surface area contributed by atoms with Crippen LogP contribution in [0.15, 0.2) is 59.5 Å². The molecule has 0 heterocycles. The van der Waals surface area contributed by atoms with Gasteiger partial charge in [0.25, 0.3) is 5.91 Å². The van der Waals surface area contributed by atoms with Gasteiger partial charge in [-0.3, -0.25) is 4.79 Å². The first-order valence-corrected chi connectivity index (χ1v) is 8.96. The summed E-state index contributed by atoms with van der Waals surface area (Å²) in [6.45, 7) is 5.67. The van der Waals surface area contributed by atoms with E-state index in [0.717, 1.165) is 12.3 Å². The smallest absolute Gasteiger partial charge is 0.251 e. The van der Waals surface area contributed by atoms with E-state index < -0.39 is 0 Å². The van der Waals surface area contributed by atoms with Gasteiger partial charge in [-0.15, -0.1) is 24.2 Å². The Kier molecular flexibility index (Phi) is 9.53. The second-order valence-corrected chi connectivity index (χ2v) is 6.52. The quantitative estimate of drug-likeness (QED) is 0.692. The molecule has 3 nitrogen and oxygen atoms in total. The van der Waals surface area contributed by atoms with E-state index >= 15 is 0 Å². The minimum absolute atomic E-state index is 0. The first-order chi connectivity index (χ1) is 11.2. The van der Waals surface area contributed by atoms with Gasteiger partial charge in [0, 0.05) is 28.8 Å². The van der Waals surface area contributed by atoms with Crippen molar-refractivity contribution in [2.75, 3.05) is 13.1 Å². The number of rotatable bonds is 8. The lowest BCUT2D eigenvalue weighted by atomic mass is 10.2. The van der Waals surface area contributed by atoms with Crippen molar-refractivity contribution in [3.05, 3.63) is 65.7 Å². The van der Waals surface area contributed by atoms with Crippen LogP contribution in [0.1, 0.15) is 29.8 Å². The summed E-state index contributed by atoms with van der Waals surface area (Å²) in [4.78, 5) is 13.3. The van der Waals surface area contributed by atoms with Crippen molar-refractivity contribution in [3.8, 4) is 0 Å². The zero-order chi connectivity index (χ0) is 16.5. The van der Waals surface area contributed by atoms with E-state index in [1.807, 2.05) is 30.3 Å². The van der Waals surface area contributed by atoms with Crippen molar-refractivity contribution in [2.45, 2.75) is 30.5 Å². The van der Waals surface area contributed by atoms with Crippen LogP contribution in [-0.4, -0.2) is 25.0 Å². The summed E-state index contributed by atoms with van der Waals surface area (Å²) in [6, 6.07) is 18.5. The number of carbonyl (C=O) groups excluding carboxylic acids is 1. The van der Waals surface area contributed by atoms with E-state index in [1.165, 1.54) is 10.5 Å². The van der Waals surface area contributed by atoms with E-state index in [1.54, 1.807) is 11.8 Å². The van der Waals surface area contributed by atoms with Crippen molar-refractivity contribution in [1.82, 2.24) is 10.6 Å². The molecule has 24 heavy (non-hydrogen) atoms. The maximum Gasteiger partial charge on any atom is 0.251 e. The highest BCUT2D eigenvalue weighted by Gasteiger charge is 2.07. The lowest BCUT2D eigenvalue weighted by Gasteiger charge is -2.13. The van der Waals surface area contributed by atoms with Gasteiger partial charge in [0.2, 0.25) is 0 Å². The van der Waals surface area contributed by atoms with Gasteiger partial charge in [0.15, 0.2) is 0 Å². The van der Waals surface area contributed by atoms with Crippen LogP contribution in [0, 0.1) is 0 Å². The number of nitrogens with one attached hydrogen (secondary N) is 2. The Morgan fingerprint density at radius 1 is 1.08 bits per heavy atom. The summed E-state index contributed by atoms with van der Waals surface area (Å²) in [7, 11) is 0. The van der Waals surface area contributed by atoms with Gasteiger partial charge in [0.1, 0.15) is 0 Å². The van der Waals surface area contributed by atoms with Crippen LogP contribution in [0.3, 0.4) is 0 Å². The van der Waals surface area contributed by atoms with Crippen molar-refractivity contribution in [2.24, 2.45) is 0 Å². The van der Waals surface area contributed by atoms with Crippen LogP contribution in [0.5, 0.6) is 0 Å². The van der Waals surface area contributed by atoms with Crippen molar-refractivity contribution in [3.63, 3.8) is 0 Å². The van der Waals surface area contributed by atoms with Gasteiger partial charge < -0.3 is 10.6 Å². The zero-order valence-corrected chi connectivity index (χ0v) is 15.8. The third kappa shape index (κ3) is 6.95. The van der Waals surface area contributed by atoms with Crippen molar-refractivity contribution in [1.29, 1.82) is 0 Å². The van der Waals surface area contributed by atoms with E-state index in [4.69, 9.17) is 0 Å². The summed E-state index contributed by atoms with van der Waals surface area (Å²) >= 11 is 1.78. The first kappa shape index (κ1) is 20.6. The second kappa shape index (κ2) is 11.1. The summed E-state index contributed by atoms with van der Waals surface area (Å²) < 4.78 is 0. The lowest BCUT2D eigenvalue weighted by molar-refractivity contribution is 0.0950. The Labute approximate surface area is 155 Å². The molecular weight excluding hydrogens is 340 g/mol. The van der Waals surface area contributed by atoms with Crippen LogP contribution in [-0.2, 0) is 5.75 Å². The molecule has 2 aromatic rings. The molecule has 2 aromatic carbocycles. The topological polar surface area (TPSA) is 41.1 Å². The zero-order valence-electron chi connectivity index (χ0n) is 14.1. The first-order valence-electron chi connectivity index (χ1n) is 7.97. The number of benzene rings is 2. The summed E-state index contributed by atoms with van der Waals surface area (Å²) in [6.07, 6.45) is 0. The molecular formula is C19H25ClN2OS. The van der Waals surface area contributed by atoms with Gasteiger partial charge in [-0.1, -0.05) is 37.3 Å². The van der Waals surface area contributed by atoms with Crippen LogP contribution >= 0.6 is 24.2 Å². The SMILES string of the molecule is CCN[C@H](C)CNC(=O)c1ccc(SCc2ccccc2)cc1.Cl. The van der Waals surface area contributed by atoms with Gasteiger partial charge in [-0.2, -0.15) is 0 Å². The highest BCUT2D eigenvalue weighted by Crippen LogP contribution is 2.22. The molecule has 0 unspecified atom stereocenters. The Hall–Kier alpha value is -1.49. The molecule has 0 saturated carbocycles. The number of thioether (sulfide) groups is 1. The molecule has 0 bridgehead atoms. The van der Waals surface area contributed by atoms with Gasteiger partial charge in [-0.25, -0.2) is 0 Å². The molecule has 0 aromatic heterocycles. The number of hydrogen-bond donors (Lipinski definition) is 2.